The molecular formula is C18H24FN5O. The summed E-state index contributed by atoms with van der Waals surface area (Å²) in [7, 11) is 1.87. The molecular weight excluding hydrogens is 321 g/mol. The van der Waals surface area contributed by atoms with Gasteiger partial charge in [0.15, 0.2) is 0 Å². The van der Waals surface area contributed by atoms with Crippen LogP contribution in [0.5, 0.6) is 0 Å². The standard InChI is InChI=1S/C18H24FN5O/c1-3-4-14-11-15(23-22-14)18(25)21-16(17-20-9-10-24(17)2)12-5-7-13(19)8-6-12/h5-10,14-16,22-23H,3-4,11H2,1-2H3,(H,21,25). The zero-order valence-corrected chi connectivity index (χ0v) is 14.5. The van der Waals surface area contributed by atoms with Crippen LogP contribution in [0.4, 0.5) is 4.39 Å². The van der Waals surface area contributed by atoms with E-state index in [1.54, 1.807) is 18.3 Å². The van der Waals surface area contributed by atoms with E-state index in [-0.39, 0.29) is 17.8 Å². The van der Waals surface area contributed by atoms with Gasteiger partial charge in [-0.05, 0) is 30.5 Å². The third kappa shape index (κ3) is 4.05. The van der Waals surface area contributed by atoms with Crippen molar-refractivity contribution < 1.29 is 9.18 Å². The Balaban J connectivity index is 1.77. The lowest BCUT2D eigenvalue weighted by atomic mass is 10.0. The summed E-state index contributed by atoms with van der Waals surface area (Å²) in [6, 6.07) is 5.72. The number of rotatable bonds is 6. The third-order valence-corrected chi connectivity index (χ3v) is 4.54. The average molecular weight is 345 g/mol. The number of carbonyl (C=O) groups excluding carboxylic acids is 1. The molecule has 0 saturated carbocycles. The summed E-state index contributed by atoms with van der Waals surface area (Å²) in [6.45, 7) is 2.13. The number of aromatic nitrogens is 2. The highest BCUT2D eigenvalue weighted by atomic mass is 19.1. The molecule has 25 heavy (non-hydrogen) atoms. The van der Waals surface area contributed by atoms with E-state index in [9.17, 15) is 9.18 Å². The predicted molar refractivity (Wildman–Crippen MR) is 93.0 cm³/mol. The SMILES string of the molecule is CCCC1CC(C(=O)NC(c2ccc(F)cc2)c2nccn2C)NN1. The predicted octanol–water partition coefficient (Wildman–Crippen LogP) is 1.80. The molecule has 2 aromatic rings. The van der Waals surface area contributed by atoms with Gasteiger partial charge in [-0.1, -0.05) is 25.5 Å². The molecule has 3 atom stereocenters. The molecule has 1 saturated heterocycles. The summed E-state index contributed by atoms with van der Waals surface area (Å²) >= 11 is 0. The van der Waals surface area contributed by atoms with Gasteiger partial charge in [0, 0.05) is 25.5 Å². The van der Waals surface area contributed by atoms with Gasteiger partial charge >= 0.3 is 0 Å². The maximum atomic E-state index is 13.3. The van der Waals surface area contributed by atoms with Gasteiger partial charge in [0.05, 0.1) is 0 Å². The lowest BCUT2D eigenvalue weighted by Gasteiger charge is -2.21. The van der Waals surface area contributed by atoms with Gasteiger partial charge in [0.2, 0.25) is 5.91 Å². The van der Waals surface area contributed by atoms with Gasteiger partial charge in [-0.25, -0.2) is 14.8 Å². The first-order chi connectivity index (χ1) is 12.1. The Morgan fingerprint density at radius 3 is 2.80 bits per heavy atom. The van der Waals surface area contributed by atoms with Crippen molar-refractivity contribution in [3.05, 3.63) is 53.9 Å². The zero-order chi connectivity index (χ0) is 17.8. The van der Waals surface area contributed by atoms with Crippen molar-refractivity contribution in [2.24, 2.45) is 7.05 Å². The van der Waals surface area contributed by atoms with Crippen LogP contribution >= 0.6 is 0 Å². The number of nitrogens with one attached hydrogen (secondary N) is 3. The molecule has 3 rings (SSSR count). The molecule has 0 bridgehead atoms. The van der Waals surface area contributed by atoms with Crippen LogP contribution in [0.15, 0.2) is 36.7 Å². The van der Waals surface area contributed by atoms with E-state index in [1.807, 2.05) is 17.8 Å². The number of hydrogen-bond donors (Lipinski definition) is 3. The number of hydrogen-bond acceptors (Lipinski definition) is 4. The number of hydrazine groups is 1. The fourth-order valence-corrected chi connectivity index (χ4v) is 3.18. The summed E-state index contributed by atoms with van der Waals surface area (Å²) in [4.78, 5) is 17.1. The van der Waals surface area contributed by atoms with Gasteiger partial charge in [-0.3, -0.25) is 10.2 Å². The van der Waals surface area contributed by atoms with E-state index in [2.05, 4.69) is 28.1 Å². The number of aryl methyl sites for hydroxylation is 1. The largest absolute Gasteiger partial charge is 0.341 e. The van der Waals surface area contributed by atoms with Crippen molar-refractivity contribution in [2.75, 3.05) is 0 Å². The molecule has 0 radical (unpaired) electrons. The smallest absolute Gasteiger partial charge is 0.239 e. The molecule has 1 aliphatic rings. The second-order valence-electron chi connectivity index (χ2n) is 6.45. The maximum Gasteiger partial charge on any atom is 0.239 e. The quantitative estimate of drug-likeness (QED) is 0.747. The monoisotopic (exact) mass is 345 g/mol. The number of benzene rings is 1. The van der Waals surface area contributed by atoms with Crippen molar-refractivity contribution >= 4 is 5.91 Å². The fraction of sp³-hybridized carbons (Fsp3) is 0.444. The zero-order valence-electron chi connectivity index (χ0n) is 14.5. The molecule has 3 N–H and O–H groups in total. The molecule has 1 aromatic heterocycles. The van der Waals surface area contributed by atoms with E-state index >= 15 is 0 Å². The van der Waals surface area contributed by atoms with Crippen molar-refractivity contribution in [3.8, 4) is 0 Å². The molecule has 0 spiro atoms. The van der Waals surface area contributed by atoms with Crippen molar-refractivity contribution in [3.63, 3.8) is 0 Å². The lowest BCUT2D eigenvalue weighted by molar-refractivity contribution is -0.123. The third-order valence-electron chi connectivity index (χ3n) is 4.54. The Morgan fingerprint density at radius 2 is 2.16 bits per heavy atom. The number of nitrogens with zero attached hydrogens (tertiary/aromatic N) is 2. The van der Waals surface area contributed by atoms with Crippen molar-refractivity contribution in [1.82, 2.24) is 25.7 Å². The lowest BCUT2D eigenvalue weighted by Crippen LogP contribution is -2.45. The van der Waals surface area contributed by atoms with E-state index < -0.39 is 6.04 Å². The van der Waals surface area contributed by atoms with E-state index in [4.69, 9.17) is 0 Å². The highest BCUT2D eigenvalue weighted by molar-refractivity contribution is 5.82. The summed E-state index contributed by atoms with van der Waals surface area (Å²) in [5.74, 6) is 0.303. The summed E-state index contributed by atoms with van der Waals surface area (Å²) in [5.41, 5.74) is 7.03. The second-order valence-corrected chi connectivity index (χ2v) is 6.45. The van der Waals surface area contributed by atoms with Crippen LogP contribution in [-0.2, 0) is 11.8 Å². The molecule has 7 heteroatoms. The van der Waals surface area contributed by atoms with Crippen LogP contribution in [0.25, 0.3) is 0 Å². The normalized spacial score (nSPS) is 21.2. The molecule has 6 nitrogen and oxygen atoms in total. The van der Waals surface area contributed by atoms with Gasteiger partial charge in [0.1, 0.15) is 23.7 Å². The van der Waals surface area contributed by atoms with Gasteiger partial charge in [-0.15, -0.1) is 0 Å². The van der Waals surface area contributed by atoms with Crippen molar-refractivity contribution in [2.45, 2.75) is 44.3 Å². The molecule has 3 unspecified atom stereocenters. The average Bonchev–Trinajstić information content (AvgIpc) is 3.23. The number of carbonyl (C=O) groups is 1. The minimum Gasteiger partial charge on any atom is -0.341 e. The van der Waals surface area contributed by atoms with Crippen LogP contribution in [-0.4, -0.2) is 27.5 Å². The van der Waals surface area contributed by atoms with Crippen LogP contribution in [0, 0.1) is 5.82 Å². The Labute approximate surface area is 146 Å². The topological polar surface area (TPSA) is 71.0 Å². The van der Waals surface area contributed by atoms with E-state index in [1.165, 1.54) is 12.1 Å². The minimum atomic E-state index is -0.430. The van der Waals surface area contributed by atoms with E-state index in [0.29, 0.717) is 11.9 Å². The maximum absolute atomic E-state index is 13.3. The van der Waals surface area contributed by atoms with Crippen LogP contribution in [0.3, 0.4) is 0 Å². The first-order valence-corrected chi connectivity index (χ1v) is 8.62. The van der Waals surface area contributed by atoms with Crippen LogP contribution in [0.1, 0.15) is 43.6 Å². The second kappa shape index (κ2) is 7.76. The fourth-order valence-electron chi connectivity index (χ4n) is 3.18. The minimum absolute atomic E-state index is 0.0940. The van der Waals surface area contributed by atoms with Gasteiger partial charge in [-0.2, -0.15) is 0 Å². The Bertz CT molecular complexity index is 715. The number of halogens is 1. The number of imidazole rings is 1. The van der Waals surface area contributed by atoms with Gasteiger partial charge in [0.25, 0.3) is 0 Å². The highest BCUT2D eigenvalue weighted by Gasteiger charge is 2.31. The summed E-state index contributed by atoms with van der Waals surface area (Å²) < 4.78 is 15.1. The molecule has 1 fully saturated rings. The first-order valence-electron chi connectivity index (χ1n) is 8.62. The molecule has 1 aromatic carbocycles. The molecule has 0 aliphatic carbocycles. The summed E-state index contributed by atoms with van der Waals surface area (Å²) in [5, 5.41) is 3.05. The Hall–Kier alpha value is -2.25. The highest BCUT2D eigenvalue weighted by Crippen LogP contribution is 2.22. The van der Waals surface area contributed by atoms with Crippen molar-refractivity contribution in [1.29, 1.82) is 0 Å². The Kier molecular flexibility index (Phi) is 5.45. The molecule has 1 aliphatic heterocycles. The molecule has 1 amide bonds. The number of amides is 1. The molecule has 2 heterocycles. The molecule has 134 valence electrons. The van der Waals surface area contributed by atoms with Gasteiger partial charge < -0.3 is 9.88 Å². The van der Waals surface area contributed by atoms with Crippen LogP contribution in [0.2, 0.25) is 0 Å². The summed E-state index contributed by atoms with van der Waals surface area (Å²) in [6.07, 6.45) is 6.35. The van der Waals surface area contributed by atoms with E-state index in [0.717, 1.165) is 24.8 Å². The van der Waals surface area contributed by atoms with Crippen LogP contribution < -0.4 is 16.2 Å². The first kappa shape index (κ1) is 17.6. The Morgan fingerprint density at radius 1 is 1.40 bits per heavy atom.